The van der Waals surface area contributed by atoms with Crippen LogP contribution in [0.4, 0.5) is 11.5 Å². The number of nitrogens with zero attached hydrogens (tertiary/aromatic N) is 5. The number of phenols is 1. The molecule has 6 heterocycles. The van der Waals surface area contributed by atoms with E-state index in [1.807, 2.05) is 12.1 Å². The summed E-state index contributed by atoms with van der Waals surface area (Å²) in [5.41, 5.74) is 4.82. The molecule has 0 amide bonds. The lowest BCUT2D eigenvalue weighted by molar-refractivity contribution is 0.0774. The Morgan fingerprint density at radius 3 is 2.75 bits per heavy atom. The number of ether oxygens (including phenoxy) is 1. The molecule has 9 rings (SSSR count). The second kappa shape index (κ2) is 10.5. The SMILES string of the molecule is Cc1cccc2cc(O)cc(N3CCc4c(nc(OCC56CCCN5C5CCCCC5C6)nc4N4CC5CCC(C4)N5)C3)c12. The predicted molar refractivity (Wildman–Crippen MR) is 174 cm³/mol. The average Bonchev–Trinajstić information content (AvgIpc) is 3.69. The number of piperazine rings is 1. The highest BCUT2D eigenvalue weighted by Crippen LogP contribution is 2.50. The van der Waals surface area contributed by atoms with Gasteiger partial charge in [0.2, 0.25) is 0 Å². The lowest BCUT2D eigenvalue weighted by Gasteiger charge is -2.38. The van der Waals surface area contributed by atoms with Gasteiger partial charge in [0.05, 0.1) is 17.8 Å². The molecule has 2 N–H and O–H groups in total. The summed E-state index contributed by atoms with van der Waals surface area (Å²) in [6, 6.07) is 12.5. The van der Waals surface area contributed by atoms with Crippen molar-refractivity contribution < 1.29 is 9.84 Å². The average molecular weight is 595 g/mol. The van der Waals surface area contributed by atoms with Gasteiger partial charge in [-0.1, -0.05) is 31.0 Å². The number of hydrogen-bond acceptors (Lipinski definition) is 8. The Bertz CT molecular complexity index is 1580. The Balaban J connectivity index is 1.06. The van der Waals surface area contributed by atoms with E-state index < -0.39 is 0 Å². The van der Waals surface area contributed by atoms with Gasteiger partial charge in [0.1, 0.15) is 18.2 Å². The van der Waals surface area contributed by atoms with E-state index in [1.54, 1.807) is 0 Å². The zero-order valence-corrected chi connectivity index (χ0v) is 26.1. The molecular formula is C36H46N6O2. The number of anilines is 2. The van der Waals surface area contributed by atoms with Crippen LogP contribution in [-0.4, -0.2) is 76.4 Å². The Morgan fingerprint density at radius 1 is 1.00 bits per heavy atom. The summed E-state index contributed by atoms with van der Waals surface area (Å²) in [4.78, 5) is 18.2. The third-order valence-corrected chi connectivity index (χ3v) is 12.1. The summed E-state index contributed by atoms with van der Waals surface area (Å²) < 4.78 is 6.75. The van der Waals surface area contributed by atoms with Crippen molar-refractivity contribution in [1.29, 1.82) is 0 Å². The van der Waals surface area contributed by atoms with Gasteiger partial charge in [-0.2, -0.15) is 9.97 Å². The predicted octanol–water partition coefficient (Wildman–Crippen LogP) is 5.32. The number of aromatic nitrogens is 2. The van der Waals surface area contributed by atoms with Crippen molar-refractivity contribution in [2.24, 2.45) is 5.92 Å². The van der Waals surface area contributed by atoms with Crippen LogP contribution in [-0.2, 0) is 13.0 Å². The summed E-state index contributed by atoms with van der Waals surface area (Å²) in [7, 11) is 0. The second-order valence-electron chi connectivity index (χ2n) is 14.7. The summed E-state index contributed by atoms with van der Waals surface area (Å²) in [6.45, 7) is 7.64. The normalized spacial score (nSPS) is 31.3. The number of fused-ring (bicyclic) bond motifs is 7. The lowest BCUT2D eigenvalue weighted by atomic mass is 9.82. The number of rotatable bonds is 5. The monoisotopic (exact) mass is 594 g/mol. The molecule has 5 unspecified atom stereocenters. The molecule has 1 aliphatic carbocycles. The van der Waals surface area contributed by atoms with E-state index in [4.69, 9.17) is 14.7 Å². The fourth-order valence-electron chi connectivity index (χ4n) is 10.1. The van der Waals surface area contributed by atoms with Crippen LogP contribution in [0.2, 0.25) is 0 Å². The van der Waals surface area contributed by atoms with Crippen LogP contribution < -0.4 is 19.9 Å². The van der Waals surface area contributed by atoms with E-state index in [-0.39, 0.29) is 5.54 Å². The van der Waals surface area contributed by atoms with Crippen molar-refractivity contribution >= 4 is 22.3 Å². The molecule has 6 aliphatic rings. The van der Waals surface area contributed by atoms with E-state index in [1.165, 1.54) is 80.8 Å². The molecule has 1 saturated carbocycles. The van der Waals surface area contributed by atoms with Gasteiger partial charge in [-0.3, -0.25) is 4.90 Å². The van der Waals surface area contributed by atoms with Crippen LogP contribution in [0, 0.1) is 12.8 Å². The Morgan fingerprint density at radius 2 is 1.86 bits per heavy atom. The van der Waals surface area contributed by atoms with Gasteiger partial charge >= 0.3 is 6.01 Å². The highest BCUT2D eigenvalue weighted by molar-refractivity contribution is 5.98. The molecule has 0 spiro atoms. The van der Waals surface area contributed by atoms with Crippen molar-refractivity contribution in [3.8, 4) is 11.8 Å². The number of aryl methyl sites for hydroxylation is 1. The van der Waals surface area contributed by atoms with Crippen molar-refractivity contribution in [1.82, 2.24) is 20.2 Å². The van der Waals surface area contributed by atoms with Crippen LogP contribution in [0.25, 0.3) is 10.8 Å². The van der Waals surface area contributed by atoms with Crippen LogP contribution in [0.3, 0.4) is 0 Å². The Kier molecular flexibility index (Phi) is 6.49. The zero-order valence-electron chi connectivity index (χ0n) is 26.1. The summed E-state index contributed by atoms with van der Waals surface area (Å²) in [6.07, 6.45) is 12.7. The fourth-order valence-corrected chi connectivity index (χ4v) is 10.1. The van der Waals surface area contributed by atoms with Gasteiger partial charge in [-0.25, -0.2) is 0 Å². The maximum absolute atomic E-state index is 10.7. The molecule has 3 aromatic rings. The molecule has 5 aliphatic heterocycles. The number of aromatic hydroxyl groups is 1. The third kappa shape index (κ3) is 4.46. The summed E-state index contributed by atoms with van der Waals surface area (Å²) in [5.74, 6) is 2.24. The first-order valence-corrected chi connectivity index (χ1v) is 17.3. The van der Waals surface area contributed by atoms with Crippen LogP contribution in [0.1, 0.15) is 74.6 Å². The number of hydrogen-bond donors (Lipinski definition) is 2. The van der Waals surface area contributed by atoms with Crippen LogP contribution in [0.15, 0.2) is 30.3 Å². The summed E-state index contributed by atoms with van der Waals surface area (Å²) >= 11 is 0. The largest absolute Gasteiger partial charge is 0.508 e. The number of phenolic OH excluding ortho intramolecular Hbond substituents is 1. The molecule has 0 radical (unpaired) electrons. The van der Waals surface area contributed by atoms with E-state index in [2.05, 4.69) is 45.1 Å². The van der Waals surface area contributed by atoms with Gasteiger partial charge < -0.3 is 25.0 Å². The summed E-state index contributed by atoms with van der Waals surface area (Å²) in [5, 5.41) is 16.8. The standard InChI is InChI=1S/C36H46N6O2/c1-23-6-4-8-24-16-28(43)17-32(33(23)24)40-15-12-29-30(21-40)38-35(39-34(29)41-19-26-10-11-27(20-41)37-26)44-22-36-13-5-14-42(36)31-9-3-2-7-25(31)18-36/h4,6,8,16-17,25-27,31,37,43H,2-3,5,7,9-15,18-22H2,1H3. The van der Waals surface area contributed by atoms with Crippen LogP contribution in [0.5, 0.6) is 11.8 Å². The molecular weight excluding hydrogens is 548 g/mol. The maximum atomic E-state index is 10.7. The van der Waals surface area contributed by atoms with Gasteiger partial charge in [0.25, 0.3) is 0 Å². The van der Waals surface area contributed by atoms with E-state index in [9.17, 15) is 5.11 Å². The first-order chi connectivity index (χ1) is 21.5. The minimum Gasteiger partial charge on any atom is -0.508 e. The van der Waals surface area contributed by atoms with Crippen LogP contribution >= 0.6 is 0 Å². The van der Waals surface area contributed by atoms with Gasteiger partial charge in [0, 0.05) is 60.5 Å². The van der Waals surface area contributed by atoms with Crippen molar-refractivity contribution in [2.75, 3.05) is 42.6 Å². The molecule has 1 aromatic heterocycles. The van der Waals surface area contributed by atoms with E-state index in [0.29, 0.717) is 37.0 Å². The molecule has 5 atom stereocenters. The molecule has 232 valence electrons. The van der Waals surface area contributed by atoms with Gasteiger partial charge in [-0.15, -0.1) is 0 Å². The van der Waals surface area contributed by atoms with Gasteiger partial charge in [0.15, 0.2) is 0 Å². The van der Waals surface area contributed by atoms with E-state index >= 15 is 0 Å². The fraction of sp³-hybridized carbons (Fsp3) is 0.611. The number of benzene rings is 2. The highest BCUT2D eigenvalue weighted by Gasteiger charge is 2.54. The third-order valence-electron chi connectivity index (χ3n) is 12.1. The Labute approximate surface area is 260 Å². The first kappa shape index (κ1) is 27.2. The smallest absolute Gasteiger partial charge is 0.318 e. The minimum absolute atomic E-state index is 0.150. The maximum Gasteiger partial charge on any atom is 0.318 e. The van der Waals surface area contributed by atoms with Gasteiger partial charge in [-0.05, 0) is 87.8 Å². The van der Waals surface area contributed by atoms with Crippen molar-refractivity contribution in [2.45, 2.75) is 101 Å². The minimum atomic E-state index is 0.150. The molecule has 4 saturated heterocycles. The zero-order chi connectivity index (χ0) is 29.4. The molecule has 8 nitrogen and oxygen atoms in total. The molecule has 8 heteroatoms. The highest BCUT2D eigenvalue weighted by atomic mass is 16.5. The molecule has 2 aromatic carbocycles. The first-order valence-electron chi connectivity index (χ1n) is 17.3. The second-order valence-corrected chi connectivity index (χ2v) is 14.7. The topological polar surface area (TPSA) is 77.0 Å². The van der Waals surface area contributed by atoms with Crippen molar-refractivity contribution in [3.63, 3.8) is 0 Å². The molecule has 5 fully saturated rings. The molecule has 44 heavy (non-hydrogen) atoms. The molecule has 2 bridgehead atoms. The Hall–Kier alpha value is -3.10. The lowest BCUT2D eigenvalue weighted by Crippen LogP contribution is -2.52. The van der Waals surface area contributed by atoms with Crippen molar-refractivity contribution in [3.05, 3.63) is 47.2 Å². The quantitative estimate of drug-likeness (QED) is 0.411. The van der Waals surface area contributed by atoms with E-state index in [0.717, 1.165) is 60.6 Å². The number of nitrogens with one attached hydrogen (secondary N) is 1.